The molecule has 8 heteroatoms. The third-order valence-corrected chi connectivity index (χ3v) is 5.42. The van der Waals surface area contributed by atoms with E-state index in [-0.39, 0.29) is 16.4 Å². The molecule has 0 aliphatic carbocycles. The molecule has 1 aromatic rings. The van der Waals surface area contributed by atoms with E-state index in [1.165, 1.54) is 12.1 Å². The lowest BCUT2D eigenvalue weighted by Gasteiger charge is -2.14. The molecule has 1 heterocycles. The van der Waals surface area contributed by atoms with Crippen LogP contribution in [0.4, 0.5) is 0 Å². The van der Waals surface area contributed by atoms with Crippen LogP contribution in [-0.2, 0) is 24.1 Å². The minimum Gasteiger partial charge on any atom is -0.426 e. The number of carbonyl (C=O) groups is 1. The average molecular weight is 382 g/mol. The van der Waals surface area contributed by atoms with Gasteiger partial charge in [0.05, 0.1) is 4.90 Å². The molecule has 1 aromatic carbocycles. The molecule has 1 aliphatic rings. The molecular weight excluding hydrogens is 372 g/mol. The van der Waals surface area contributed by atoms with Crippen molar-refractivity contribution in [2.75, 3.05) is 6.61 Å². The fourth-order valence-corrected chi connectivity index (χ4v) is 3.79. The quantitative estimate of drug-likeness (QED) is 0.750. The van der Waals surface area contributed by atoms with Gasteiger partial charge in [0.1, 0.15) is 9.94 Å². The van der Waals surface area contributed by atoms with E-state index in [2.05, 4.69) is 15.9 Å². The number of halogens is 2. The van der Waals surface area contributed by atoms with E-state index in [1.807, 2.05) is 0 Å². The Morgan fingerprint density at radius 2 is 1.95 bits per heavy atom. The van der Waals surface area contributed by atoms with Crippen LogP contribution >= 0.6 is 27.5 Å². The van der Waals surface area contributed by atoms with Crippen molar-refractivity contribution in [3.63, 3.8) is 0 Å². The molecule has 0 fully saturated rings. The maximum atomic E-state index is 12.5. The first-order chi connectivity index (χ1) is 9.37. The van der Waals surface area contributed by atoms with Crippen LogP contribution in [0, 0.1) is 0 Å². The maximum absolute atomic E-state index is 12.5. The molecule has 0 saturated carbocycles. The normalized spacial score (nSPS) is 19.4. The summed E-state index contributed by atoms with van der Waals surface area (Å²) < 4.78 is 35.7. The Hall–Kier alpha value is -0.890. The number of hydrogen-bond donors (Lipinski definition) is 0. The van der Waals surface area contributed by atoms with Gasteiger partial charge in [-0.25, -0.2) is 13.2 Å². The number of rotatable bonds is 4. The Morgan fingerprint density at radius 1 is 1.35 bits per heavy atom. The van der Waals surface area contributed by atoms with E-state index >= 15 is 0 Å². The third-order valence-electron chi connectivity index (χ3n) is 2.56. The van der Waals surface area contributed by atoms with Crippen molar-refractivity contribution >= 4 is 43.3 Å². The third kappa shape index (κ3) is 2.76. The zero-order valence-corrected chi connectivity index (χ0v) is 13.5. The maximum Gasteiger partial charge on any atom is 0.353 e. The lowest BCUT2D eigenvalue weighted by molar-refractivity contribution is -0.157. The summed E-state index contributed by atoms with van der Waals surface area (Å²) in [4.78, 5) is 11.1. The number of hydrogen-bond acceptors (Lipinski definition) is 5. The Balaban J connectivity index is 2.51. The zero-order valence-electron chi connectivity index (χ0n) is 10.3. The van der Waals surface area contributed by atoms with Gasteiger partial charge in [0.25, 0.3) is 0 Å². The average Bonchev–Trinajstić information content (AvgIpc) is 2.66. The number of esters is 1. The van der Waals surface area contributed by atoms with Gasteiger partial charge in [-0.15, -0.1) is 0 Å². The summed E-state index contributed by atoms with van der Waals surface area (Å²) in [5.41, 5.74) is 0. The highest BCUT2D eigenvalue weighted by Gasteiger charge is 2.42. The number of ether oxygens (including phenoxy) is 2. The zero-order chi connectivity index (χ0) is 14.9. The summed E-state index contributed by atoms with van der Waals surface area (Å²) >= 11 is 8.98. The van der Waals surface area contributed by atoms with Gasteiger partial charge in [-0.3, -0.25) is 0 Å². The van der Waals surface area contributed by atoms with Gasteiger partial charge in [0, 0.05) is 11.1 Å². The minimum atomic E-state index is -3.95. The summed E-state index contributed by atoms with van der Waals surface area (Å²) in [7, 11) is -3.95. The van der Waals surface area contributed by atoms with Gasteiger partial charge in [-0.2, -0.15) is 0 Å². The van der Waals surface area contributed by atoms with Crippen molar-refractivity contribution in [1.82, 2.24) is 0 Å². The monoisotopic (exact) mass is 380 g/mol. The lowest BCUT2D eigenvalue weighted by Crippen LogP contribution is -2.21. The second-order valence-corrected chi connectivity index (χ2v) is 7.04. The van der Waals surface area contributed by atoms with Crippen molar-refractivity contribution < 1.29 is 22.7 Å². The minimum absolute atomic E-state index is 0.0110. The molecule has 0 aromatic heterocycles. The predicted octanol–water partition coefficient (Wildman–Crippen LogP) is 2.59. The van der Waals surface area contributed by atoms with Gasteiger partial charge < -0.3 is 9.47 Å². The molecule has 20 heavy (non-hydrogen) atoms. The number of benzene rings is 1. The first-order valence-corrected chi connectivity index (χ1v) is 8.26. The molecule has 1 atom stereocenters. The van der Waals surface area contributed by atoms with Crippen molar-refractivity contribution in [1.29, 1.82) is 0 Å². The van der Waals surface area contributed by atoms with Crippen molar-refractivity contribution in [3.05, 3.63) is 38.7 Å². The summed E-state index contributed by atoms with van der Waals surface area (Å²) in [5.74, 6) is -0.902. The Morgan fingerprint density at radius 3 is 2.50 bits per heavy atom. The molecule has 0 bridgehead atoms. The SMILES string of the molecule is CCOC1OC(=O)C(Cl)=C1S(=O)(=O)c1ccc(Br)cc1. The van der Waals surface area contributed by atoms with Gasteiger partial charge in [0.15, 0.2) is 0 Å². The molecule has 0 N–H and O–H groups in total. The summed E-state index contributed by atoms with van der Waals surface area (Å²) in [6, 6.07) is 5.97. The van der Waals surface area contributed by atoms with E-state index in [0.29, 0.717) is 0 Å². The molecule has 2 rings (SSSR count). The van der Waals surface area contributed by atoms with Gasteiger partial charge in [-0.1, -0.05) is 27.5 Å². The molecule has 1 aliphatic heterocycles. The van der Waals surface area contributed by atoms with Crippen molar-refractivity contribution in [2.45, 2.75) is 18.1 Å². The highest BCUT2D eigenvalue weighted by Crippen LogP contribution is 2.34. The van der Waals surface area contributed by atoms with E-state index < -0.39 is 27.1 Å². The molecule has 5 nitrogen and oxygen atoms in total. The molecule has 0 spiro atoms. The fraction of sp³-hybridized carbons (Fsp3) is 0.250. The summed E-state index contributed by atoms with van der Waals surface area (Å²) in [5, 5.41) is -0.466. The number of carbonyl (C=O) groups excluding carboxylic acids is 1. The molecule has 0 amide bonds. The van der Waals surface area contributed by atoms with Crippen molar-refractivity contribution in [3.8, 4) is 0 Å². The lowest BCUT2D eigenvalue weighted by atomic mass is 10.4. The van der Waals surface area contributed by atoms with E-state index in [1.54, 1.807) is 19.1 Å². The smallest absolute Gasteiger partial charge is 0.353 e. The number of cyclic esters (lactones) is 1. The second-order valence-electron chi connectivity index (χ2n) is 3.83. The van der Waals surface area contributed by atoms with Crippen LogP contribution < -0.4 is 0 Å². The first kappa shape index (κ1) is 15.5. The summed E-state index contributed by atoms with van der Waals surface area (Å²) in [6.07, 6.45) is -1.30. The van der Waals surface area contributed by atoms with Crippen LogP contribution in [0.5, 0.6) is 0 Å². The van der Waals surface area contributed by atoms with Gasteiger partial charge >= 0.3 is 5.97 Å². The topological polar surface area (TPSA) is 69.7 Å². The molecule has 0 radical (unpaired) electrons. The summed E-state index contributed by atoms with van der Waals surface area (Å²) in [6.45, 7) is 1.84. The van der Waals surface area contributed by atoms with E-state index in [0.717, 1.165) is 4.47 Å². The van der Waals surface area contributed by atoms with Gasteiger partial charge in [-0.05, 0) is 31.2 Å². The van der Waals surface area contributed by atoms with Crippen LogP contribution in [0.15, 0.2) is 43.6 Å². The highest BCUT2D eigenvalue weighted by atomic mass is 79.9. The first-order valence-electron chi connectivity index (χ1n) is 5.61. The van der Waals surface area contributed by atoms with Crippen LogP contribution in [-0.4, -0.2) is 27.3 Å². The van der Waals surface area contributed by atoms with Gasteiger partial charge in [0.2, 0.25) is 16.1 Å². The Kier molecular flexibility index (Phi) is 4.53. The second kappa shape index (κ2) is 5.85. The predicted molar refractivity (Wildman–Crippen MR) is 75.7 cm³/mol. The fourth-order valence-electron chi connectivity index (χ4n) is 1.65. The Bertz CT molecular complexity index is 666. The largest absolute Gasteiger partial charge is 0.426 e. The van der Waals surface area contributed by atoms with Crippen LogP contribution in [0.1, 0.15) is 6.92 Å². The molecule has 0 saturated heterocycles. The Labute approximate surface area is 129 Å². The highest BCUT2D eigenvalue weighted by molar-refractivity contribution is 9.10. The van der Waals surface area contributed by atoms with Crippen molar-refractivity contribution in [2.24, 2.45) is 0 Å². The molecule has 1 unspecified atom stereocenters. The van der Waals surface area contributed by atoms with Crippen LogP contribution in [0.3, 0.4) is 0 Å². The molecular formula is C12H10BrClO5S. The van der Waals surface area contributed by atoms with Crippen LogP contribution in [0.25, 0.3) is 0 Å². The van der Waals surface area contributed by atoms with E-state index in [9.17, 15) is 13.2 Å². The molecule has 108 valence electrons. The van der Waals surface area contributed by atoms with E-state index in [4.69, 9.17) is 21.1 Å². The van der Waals surface area contributed by atoms with Crippen LogP contribution in [0.2, 0.25) is 0 Å². The number of sulfone groups is 1. The standard InChI is InChI=1S/C12H10BrClO5S/c1-2-18-12-10(9(14)11(15)19-12)20(16,17)8-5-3-7(13)4-6-8/h3-6,12H,2H2,1H3.